The number of esters is 1. The van der Waals surface area contributed by atoms with Crippen molar-refractivity contribution in [2.45, 2.75) is 13.8 Å². The lowest BCUT2D eigenvalue weighted by molar-refractivity contribution is -0.990. The molecule has 2 aromatic carbocycles. The van der Waals surface area contributed by atoms with Crippen LogP contribution in [0.1, 0.15) is 13.8 Å². The summed E-state index contributed by atoms with van der Waals surface area (Å²) in [7, 11) is 0. The van der Waals surface area contributed by atoms with Crippen LogP contribution in [0.15, 0.2) is 59.7 Å². The molecule has 4 amide bonds. The molecule has 0 radical (unpaired) electrons. The van der Waals surface area contributed by atoms with E-state index in [-0.39, 0.29) is 34.9 Å². The molecule has 14 heteroatoms. The van der Waals surface area contributed by atoms with Gasteiger partial charge >= 0.3 is 5.97 Å². The summed E-state index contributed by atoms with van der Waals surface area (Å²) in [4.78, 5) is 71.0. The number of rotatable bonds is 6. The fourth-order valence-electron chi connectivity index (χ4n) is 7.40. The second-order valence-electron chi connectivity index (χ2n) is 10.6. The molecule has 5 aliphatic rings. The van der Waals surface area contributed by atoms with E-state index in [1.807, 2.05) is 0 Å². The van der Waals surface area contributed by atoms with E-state index in [1.165, 1.54) is 48.5 Å². The van der Waals surface area contributed by atoms with Crippen molar-refractivity contribution in [1.29, 1.82) is 0 Å². The normalized spacial score (nSPS) is 29.7. The number of para-hydroxylation sites is 4. The van der Waals surface area contributed by atoms with E-state index in [9.17, 15) is 44.8 Å². The number of hydrogen-bond donors (Lipinski definition) is 4. The highest BCUT2D eigenvalue weighted by atomic mass is 16.8. The number of anilines is 2. The molecule has 2 aliphatic heterocycles. The lowest BCUT2D eigenvalue weighted by Crippen LogP contribution is -2.99. The van der Waals surface area contributed by atoms with Crippen molar-refractivity contribution in [2.24, 2.45) is 35.5 Å². The Balaban J connectivity index is 1.52. The monoisotopic (exact) mass is 578 g/mol. The second-order valence-corrected chi connectivity index (χ2v) is 10.6. The van der Waals surface area contributed by atoms with Gasteiger partial charge in [-0.2, -0.15) is 10.5 Å². The number of amides is 4. The number of carbonyl (C=O) groups excluding carboxylic acids is 5. The third-order valence-corrected chi connectivity index (χ3v) is 8.85. The molecule has 4 N–H and O–H groups in total. The Labute approximate surface area is 238 Å². The zero-order chi connectivity index (χ0) is 30.2. The molecule has 14 nitrogen and oxygen atoms in total. The molecule has 2 aromatic rings. The highest BCUT2D eigenvalue weighted by molar-refractivity contribution is 6.28. The van der Waals surface area contributed by atoms with Gasteiger partial charge in [-0.3, -0.25) is 19.2 Å². The Kier molecular flexibility index (Phi) is 6.57. The number of allylic oxidation sites excluding steroid dienone is 1. The first-order valence-electron chi connectivity index (χ1n) is 13.3. The summed E-state index contributed by atoms with van der Waals surface area (Å²) in [6, 6.07) is 11.0. The van der Waals surface area contributed by atoms with Crippen LogP contribution in [0.3, 0.4) is 0 Å². The van der Waals surface area contributed by atoms with Crippen LogP contribution in [-0.2, 0) is 28.7 Å². The highest BCUT2D eigenvalue weighted by Crippen LogP contribution is 2.63. The van der Waals surface area contributed by atoms with Gasteiger partial charge in [-0.15, -0.1) is 0 Å². The molecule has 1 saturated carbocycles. The number of carbonyl (C=O) groups is 5. The minimum atomic E-state index is -1.36. The van der Waals surface area contributed by atoms with Crippen LogP contribution >= 0.6 is 0 Å². The SMILES string of the molecule is CCOC(=O)C1=C(C)C2[C@H]3C(=O)N(c4ccccc4[NH+]([O-])O)C(=O)[C@H]3C1[C@H]1C(=O)N(c3ccccc3[NH+]([O-])O)C(=O)[C@@H]21. The smallest absolute Gasteiger partial charge is 0.334 e. The second kappa shape index (κ2) is 9.90. The van der Waals surface area contributed by atoms with Crippen molar-refractivity contribution in [2.75, 3.05) is 16.4 Å². The van der Waals surface area contributed by atoms with Crippen LogP contribution in [0.5, 0.6) is 0 Å². The number of nitrogens with one attached hydrogen (secondary N) is 2. The molecule has 4 unspecified atom stereocenters. The van der Waals surface area contributed by atoms with Gasteiger partial charge in [0.15, 0.2) is 11.4 Å². The average molecular weight is 579 g/mol. The van der Waals surface area contributed by atoms with E-state index in [0.29, 0.717) is 5.57 Å². The minimum absolute atomic E-state index is 0.00876. The van der Waals surface area contributed by atoms with Crippen molar-refractivity contribution < 1.29 is 49.6 Å². The molecule has 0 aromatic heterocycles. The maximum Gasteiger partial charge on any atom is 0.334 e. The van der Waals surface area contributed by atoms with Crippen molar-refractivity contribution in [1.82, 2.24) is 0 Å². The van der Waals surface area contributed by atoms with Gasteiger partial charge in [-0.1, -0.05) is 29.8 Å². The summed E-state index contributed by atoms with van der Waals surface area (Å²) in [6.45, 7) is 3.14. The van der Waals surface area contributed by atoms with Gasteiger partial charge in [0.25, 0.3) is 0 Å². The van der Waals surface area contributed by atoms with Crippen LogP contribution in [-0.4, -0.2) is 46.6 Å². The van der Waals surface area contributed by atoms with Crippen LogP contribution in [0, 0.1) is 45.9 Å². The van der Waals surface area contributed by atoms with E-state index in [0.717, 1.165) is 9.80 Å². The molecule has 7 rings (SSSR count). The Morgan fingerprint density at radius 3 is 1.50 bits per heavy atom. The van der Waals surface area contributed by atoms with Crippen molar-refractivity contribution >= 4 is 52.3 Å². The molecule has 0 spiro atoms. The number of imide groups is 2. The van der Waals surface area contributed by atoms with Gasteiger partial charge < -0.3 is 15.2 Å². The Morgan fingerprint density at radius 2 is 1.12 bits per heavy atom. The quantitative estimate of drug-likeness (QED) is 0.198. The van der Waals surface area contributed by atoms with Gasteiger partial charge in [-0.05, 0) is 26.0 Å². The molecular formula is C28H26N4O10. The molecule has 2 heterocycles. The third-order valence-electron chi connectivity index (χ3n) is 8.85. The van der Waals surface area contributed by atoms with Gasteiger partial charge in [0.2, 0.25) is 23.6 Å². The van der Waals surface area contributed by atoms with Crippen molar-refractivity contribution in [3.05, 3.63) is 70.1 Å². The maximum atomic E-state index is 14.1. The number of hydrogen-bond acceptors (Lipinski definition) is 10. The van der Waals surface area contributed by atoms with Crippen LogP contribution < -0.4 is 20.3 Å². The van der Waals surface area contributed by atoms with Gasteiger partial charge in [0.05, 0.1) is 30.3 Å². The Bertz CT molecular complexity index is 1490. The van der Waals surface area contributed by atoms with Crippen LogP contribution in [0.2, 0.25) is 0 Å². The summed E-state index contributed by atoms with van der Waals surface area (Å²) in [6.07, 6.45) is 0. The lowest BCUT2D eigenvalue weighted by Gasteiger charge is -2.49. The topological polar surface area (TPSA) is 197 Å². The van der Waals surface area contributed by atoms with Crippen molar-refractivity contribution in [3.63, 3.8) is 0 Å². The average Bonchev–Trinajstić information content (AvgIpc) is 3.38. The molecule has 42 heavy (non-hydrogen) atoms. The fourth-order valence-corrected chi connectivity index (χ4v) is 7.40. The van der Waals surface area contributed by atoms with Gasteiger partial charge in [0, 0.05) is 29.5 Å². The van der Waals surface area contributed by atoms with E-state index in [2.05, 4.69) is 0 Å². The number of benzene rings is 2. The Morgan fingerprint density at radius 1 is 0.738 bits per heavy atom. The molecular weight excluding hydrogens is 552 g/mol. The number of ether oxygens (including phenoxy) is 1. The van der Waals surface area contributed by atoms with E-state index in [1.54, 1.807) is 13.8 Å². The molecule has 3 fully saturated rings. The first-order valence-corrected chi connectivity index (χ1v) is 13.3. The first-order chi connectivity index (χ1) is 20.0. The summed E-state index contributed by atoms with van der Waals surface area (Å²) >= 11 is 0. The molecule has 2 bridgehead atoms. The van der Waals surface area contributed by atoms with E-state index < -0.39 is 75.6 Å². The zero-order valence-electron chi connectivity index (χ0n) is 22.3. The predicted molar refractivity (Wildman–Crippen MR) is 140 cm³/mol. The lowest BCUT2D eigenvalue weighted by atomic mass is 9.49. The Hall–Kier alpha value is -4.31. The van der Waals surface area contributed by atoms with Crippen LogP contribution in [0.4, 0.5) is 22.7 Å². The molecule has 218 valence electrons. The molecule has 3 aliphatic carbocycles. The third kappa shape index (κ3) is 3.64. The summed E-state index contributed by atoms with van der Waals surface area (Å²) in [5, 5.41) is 40.6. The highest BCUT2D eigenvalue weighted by Gasteiger charge is 2.73. The van der Waals surface area contributed by atoms with E-state index in [4.69, 9.17) is 4.74 Å². The number of quaternary nitrogens is 2. The summed E-state index contributed by atoms with van der Waals surface area (Å²) < 4.78 is 5.28. The van der Waals surface area contributed by atoms with E-state index >= 15 is 0 Å². The fraction of sp³-hybridized carbons (Fsp3) is 0.321. The van der Waals surface area contributed by atoms with Gasteiger partial charge in [-0.25, -0.2) is 25.0 Å². The maximum absolute atomic E-state index is 14.1. The minimum Gasteiger partial charge on any atom is -0.595 e. The van der Waals surface area contributed by atoms with Gasteiger partial charge in [0.1, 0.15) is 11.4 Å². The predicted octanol–water partition coefficient (Wildman–Crippen LogP) is -0.456. The largest absolute Gasteiger partial charge is 0.595 e. The molecule has 8 atom stereocenters. The van der Waals surface area contributed by atoms with Crippen molar-refractivity contribution in [3.8, 4) is 0 Å². The number of nitrogens with zero attached hydrogens (tertiary/aromatic N) is 2. The van der Waals surface area contributed by atoms with Crippen LogP contribution in [0.25, 0.3) is 0 Å². The summed E-state index contributed by atoms with van der Waals surface area (Å²) in [5.41, 5.74) is -0.500. The zero-order valence-corrected chi connectivity index (χ0v) is 22.3. The standard InChI is InChI=1S/C28H26N4O10/c1-3-42-28(37)18-12(2)17-20-22(26(35)29(24(20)33)13-8-4-6-10-15(13)31(38)39)19(18)23-21(17)25(34)30(27(23)36)14-9-5-7-11-16(14)32(40)41/h4-11,17,19-23,31-32,38,40H,3H2,1-2H3/t17?,19?,20-,21+,22+,23-. The molecule has 2 saturated heterocycles. The summed E-state index contributed by atoms with van der Waals surface area (Å²) in [5.74, 6) is -10.9. The first kappa shape index (κ1) is 27.8.